The summed E-state index contributed by atoms with van der Waals surface area (Å²) in [6, 6.07) is 1.88. The number of rotatable bonds is 5. The quantitative estimate of drug-likeness (QED) is 0.861. The molecule has 0 saturated heterocycles. The Morgan fingerprint density at radius 3 is 3.00 bits per heavy atom. The number of anilines is 1. The van der Waals surface area contributed by atoms with E-state index in [0.717, 1.165) is 34.8 Å². The lowest BCUT2D eigenvalue weighted by Crippen LogP contribution is -2.05. The highest BCUT2D eigenvalue weighted by molar-refractivity contribution is 9.10. The molecule has 2 aromatic rings. The number of aromatic nitrogens is 3. The monoisotopic (exact) mass is 312 g/mol. The second kappa shape index (κ2) is 6.07. The van der Waals surface area contributed by atoms with Gasteiger partial charge in [-0.05, 0) is 22.4 Å². The average Bonchev–Trinajstić information content (AvgIpc) is 2.79. The maximum atomic E-state index is 4.45. The fraction of sp³-hybridized carbons (Fsp3) is 0.364. The minimum Gasteiger partial charge on any atom is -0.364 e. The van der Waals surface area contributed by atoms with Crippen LogP contribution in [0.2, 0.25) is 0 Å². The molecular weight excluding hydrogens is 300 g/mol. The topological polar surface area (TPSA) is 50.7 Å². The van der Waals surface area contributed by atoms with Crippen LogP contribution in [0.4, 0.5) is 5.82 Å². The molecule has 0 aliphatic heterocycles. The van der Waals surface area contributed by atoms with Crippen LogP contribution in [0.15, 0.2) is 21.6 Å². The molecule has 1 N–H and O–H groups in total. The average molecular weight is 313 g/mol. The van der Waals surface area contributed by atoms with Crippen LogP contribution in [0, 0.1) is 0 Å². The smallest absolute Gasteiger partial charge is 0.132 e. The fourth-order valence-corrected chi connectivity index (χ4v) is 2.38. The number of halogens is 1. The van der Waals surface area contributed by atoms with Gasteiger partial charge in [0.15, 0.2) is 0 Å². The lowest BCUT2D eigenvalue weighted by molar-refractivity contribution is 0.827. The van der Waals surface area contributed by atoms with Gasteiger partial charge in [0, 0.05) is 17.9 Å². The normalized spacial score (nSPS) is 10.5. The summed E-state index contributed by atoms with van der Waals surface area (Å²) in [5, 5.41) is 5.27. The van der Waals surface area contributed by atoms with Crippen LogP contribution in [-0.4, -0.2) is 15.0 Å². The molecule has 0 aromatic carbocycles. The van der Waals surface area contributed by atoms with Crippen molar-refractivity contribution in [2.75, 3.05) is 5.32 Å². The SMILES string of the molecule is CCCc1nc(Br)cc(NCc2cscn2)n1. The third kappa shape index (κ3) is 3.74. The number of nitrogens with zero attached hydrogens (tertiary/aromatic N) is 3. The van der Waals surface area contributed by atoms with Crippen molar-refractivity contribution in [3.05, 3.63) is 33.1 Å². The highest BCUT2D eigenvalue weighted by Crippen LogP contribution is 2.14. The molecule has 0 saturated carbocycles. The Labute approximate surface area is 113 Å². The highest BCUT2D eigenvalue weighted by atomic mass is 79.9. The van der Waals surface area contributed by atoms with Crippen molar-refractivity contribution in [2.45, 2.75) is 26.3 Å². The predicted molar refractivity (Wildman–Crippen MR) is 73.2 cm³/mol. The molecule has 0 fully saturated rings. The molecule has 0 spiro atoms. The molecule has 4 nitrogen and oxygen atoms in total. The van der Waals surface area contributed by atoms with E-state index >= 15 is 0 Å². The summed E-state index contributed by atoms with van der Waals surface area (Å²) < 4.78 is 0.816. The van der Waals surface area contributed by atoms with Gasteiger partial charge in [-0.1, -0.05) is 6.92 Å². The molecule has 0 atom stereocenters. The Bertz CT molecular complexity index is 472. The van der Waals surface area contributed by atoms with Crippen molar-refractivity contribution < 1.29 is 0 Å². The zero-order valence-corrected chi connectivity index (χ0v) is 11.9. The minimum atomic E-state index is 0.693. The molecule has 0 aliphatic rings. The van der Waals surface area contributed by atoms with E-state index in [-0.39, 0.29) is 0 Å². The lowest BCUT2D eigenvalue weighted by atomic mass is 10.3. The molecule has 2 rings (SSSR count). The van der Waals surface area contributed by atoms with Crippen LogP contribution < -0.4 is 5.32 Å². The van der Waals surface area contributed by atoms with E-state index in [9.17, 15) is 0 Å². The fourth-order valence-electron chi connectivity index (χ4n) is 1.40. The Hall–Kier alpha value is -1.01. The second-order valence-electron chi connectivity index (χ2n) is 3.58. The van der Waals surface area contributed by atoms with Gasteiger partial charge in [0.2, 0.25) is 0 Å². The van der Waals surface area contributed by atoms with Gasteiger partial charge in [0.1, 0.15) is 16.2 Å². The van der Waals surface area contributed by atoms with Crippen LogP contribution in [0.1, 0.15) is 24.9 Å². The van der Waals surface area contributed by atoms with Crippen LogP contribution in [0.5, 0.6) is 0 Å². The zero-order chi connectivity index (χ0) is 12.1. The van der Waals surface area contributed by atoms with E-state index in [1.54, 1.807) is 11.3 Å². The van der Waals surface area contributed by atoms with E-state index in [1.165, 1.54) is 0 Å². The largest absolute Gasteiger partial charge is 0.364 e. The van der Waals surface area contributed by atoms with Gasteiger partial charge in [-0.15, -0.1) is 11.3 Å². The Morgan fingerprint density at radius 1 is 1.41 bits per heavy atom. The minimum absolute atomic E-state index is 0.693. The van der Waals surface area contributed by atoms with Crippen LogP contribution >= 0.6 is 27.3 Å². The van der Waals surface area contributed by atoms with E-state index in [0.29, 0.717) is 6.54 Å². The third-order valence-corrected chi connectivity index (χ3v) is 3.19. The van der Waals surface area contributed by atoms with E-state index in [4.69, 9.17) is 0 Å². The molecule has 0 radical (unpaired) electrons. The van der Waals surface area contributed by atoms with Gasteiger partial charge >= 0.3 is 0 Å². The van der Waals surface area contributed by atoms with Gasteiger partial charge in [-0.3, -0.25) is 0 Å². The molecule has 2 heterocycles. The number of thiazole rings is 1. The molecule has 90 valence electrons. The van der Waals surface area contributed by atoms with Crippen molar-refractivity contribution in [3.63, 3.8) is 0 Å². The Balaban J connectivity index is 2.04. The molecule has 17 heavy (non-hydrogen) atoms. The third-order valence-electron chi connectivity index (χ3n) is 2.15. The van der Waals surface area contributed by atoms with Crippen molar-refractivity contribution in [1.82, 2.24) is 15.0 Å². The predicted octanol–water partition coefficient (Wildman–Crippen LogP) is 3.26. The van der Waals surface area contributed by atoms with E-state index < -0.39 is 0 Å². The molecule has 0 bridgehead atoms. The molecule has 0 aliphatic carbocycles. The lowest BCUT2D eigenvalue weighted by Gasteiger charge is -2.06. The summed E-state index contributed by atoms with van der Waals surface area (Å²) in [6.45, 7) is 2.81. The molecular formula is C11H13BrN4S. The first-order valence-corrected chi connectivity index (χ1v) is 7.16. The van der Waals surface area contributed by atoms with Crippen molar-refractivity contribution in [3.8, 4) is 0 Å². The van der Waals surface area contributed by atoms with Crippen molar-refractivity contribution in [1.29, 1.82) is 0 Å². The summed E-state index contributed by atoms with van der Waals surface area (Å²) in [6.07, 6.45) is 1.94. The molecule has 2 aromatic heterocycles. The summed E-state index contributed by atoms with van der Waals surface area (Å²) >= 11 is 4.99. The summed E-state index contributed by atoms with van der Waals surface area (Å²) in [7, 11) is 0. The van der Waals surface area contributed by atoms with Crippen LogP contribution in [0.25, 0.3) is 0 Å². The van der Waals surface area contributed by atoms with Gasteiger partial charge in [-0.2, -0.15) is 0 Å². The maximum absolute atomic E-state index is 4.45. The first-order valence-electron chi connectivity index (χ1n) is 5.42. The Morgan fingerprint density at radius 2 is 2.29 bits per heavy atom. The standard InChI is InChI=1S/C11H13BrN4S/c1-2-3-10-15-9(12)4-11(16-10)13-5-8-6-17-7-14-8/h4,6-7H,2-3,5H2,1H3,(H,13,15,16). The zero-order valence-electron chi connectivity index (χ0n) is 9.48. The van der Waals surface area contributed by atoms with Gasteiger partial charge in [0.05, 0.1) is 17.7 Å². The van der Waals surface area contributed by atoms with Crippen LogP contribution in [-0.2, 0) is 13.0 Å². The summed E-state index contributed by atoms with van der Waals surface area (Å²) in [4.78, 5) is 13.0. The first kappa shape index (κ1) is 12.4. The highest BCUT2D eigenvalue weighted by Gasteiger charge is 2.03. The Kier molecular flexibility index (Phi) is 4.44. The molecule has 0 unspecified atom stereocenters. The van der Waals surface area contributed by atoms with Gasteiger partial charge < -0.3 is 5.32 Å². The van der Waals surface area contributed by atoms with Gasteiger partial charge in [0.25, 0.3) is 0 Å². The maximum Gasteiger partial charge on any atom is 0.132 e. The summed E-state index contributed by atoms with van der Waals surface area (Å²) in [5.41, 5.74) is 2.86. The molecule has 6 heteroatoms. The van der Waals surface area contributed by atoms with Gasteiger partial charge in [-0.25, -0.2) is 15.0 Å². The van der Waals surface area contributed by atoms with Crippen molar-refractivity contribution in [2.24, 2.45) is 0 Å². The number of hydrogen-bond donors (Lipinski definition) is 1. The second-order valence-corrected chi connectivity index (χ2v) is 5.11. The van der Waals surface area contributed by atoms with E-state index in [2.05, 4.69) is 43.1 Å². The number of hydrogen-bond acceptors (Lipinski definition) is 5. The number of aryl methyl sites for hydroxylation is 1. The number of nitrogens with one attached hydrogen (secondary N) is 1. The van der Waals surface area contributed by atoms with E-state index in [1.807, 2.05) is 17.0 Å². The summed E-state index contributed by atoms with van der Waals surface area (Å²) in [5.74, 6) is 1.70. The van der Waals surface area contributed by atoms with Crippen LogP contribution in [0.3, 0.4) is 0 Å². The first-order chi connectivity index (χ1) is 8.28. The molecule has 0 amide bonds. The van der Waals surface area contributed by atoms with Crippen molar-refractivity contribution >= 4 is 33.1 Å².